The van der Waals surface area contributed by atoms with Gasteiger partial charge in [-0.2, -0.15) is 22.6 Å². The van der Waals surface area contributed by atoms with E-state index in [0.717, 1.165) is 30.6 Å². The maximum Gasteiger partial charge on any atom is 0.435 e. The van der Waals surface area contributed by atoms with Crippen molar-refractivity contribution in [2.24, 2.45) is 16.5 Å². The number of amides is 4. The Morgan fingerprint density at radius 1 is 1.12 bits per heavy atom. The summed E-state index contributed by atoms with van der Waals surface area (Å²) in [6.07, 6.45) is 4.72. The zero-order chi connectivity index (χ0) is 37.6. The van der Waals surface area contributed by atoms with Crippen molar-refractivity contribution in [2.75, 3.05) is 13.2 Å². The average molecular weight is 736 g/mol. The van der Waals surface area contributed by atoms with Gasteiger partial charge in [-0.15, -0.1) is 11.3 Å². The number of carbonyl (C=O) groups is 4. The molecule has 1 fully saturated rings. The van der Waals surface area contributed by atoms with Gasteiger partial charge in [0, 0.05) is 33.5 Å². The van der Waals surface area contributed by atoms with Crippen LogP contribution in [0.4, 0.5) is 22.4 Å². The molecule has 51 heavy (non-hydrogen) atoms. The van der Waals surface area contributed by atoms with E-state index in [1.54, 1.807) is 46.7 Å². The number of unbranched alkanes of at least 4 members (excludes halogenated alkanes) is 3. The van der Waals surface area contributed by atoms with E-state index >= 15 is 0 Å². The molecular formula is C35H41F4N5O6S. The number of halogens is 4. The minimum atomic E-state index is -3.17. The molecule has 2 aliphatic rings. The number of hydrogen-bond acceptors (Lipinski definition) is 7. The van der Waals surface area contributed by atoms with Crippen molar-refractivity contribution in [3.8, 4) is 11.1 Å². The van der Waals surface area contributed by atoms with E-state index in [1.807, 2.05) is 0 Å². The molecule has 6 N–H and O–H groups in total. The van der Waals surface area contributed by atoms with Crippen molar-refractivity contribution in [1.82, 2.24) is 10.2 Å². The summed E-state index contributed by atoms with van der Waals surface area (Å²) in [6, 6.07) is 12.2. The normalized spacial score (nSPS) is 15.5. The number of aliphatic imine (C=N–C) groups is 1. The van der Waals surface area contributed by atoms with Crippen molar-refractivity contribution >= 4 is 41.5 Å². The minimum absolute atomic E-state index is 0.0128. The van der Waals surface area contributed by atoms with Gasteiger partial charge in [0.2, 0.25) is 18.2 Å². The fourth-order valence-electron chi connectivity index (χ4n) is 5.73. The van der Waals surface area contributed by atoms with E-state index in [9.17, 15) is 31.9 Å². The zero-order valence-electron chi connectivity index (χ0n) is 28.0. The van der Waals surface area contributed by atoms with Crippen molar-refractivity contribution in [2.45, 2.75) is 77.0 Å². The molecule has 276 valence electrons. The number of aliphatic hydroxyl groups is 1. The van der Waals surface area contributed by atoms with Crippen LogP contribution in [0.25, 0.3) is 11.1 Å². The second-order valence-corrected chi connectivity index (χ2v) is 12.5. The zero-order valence-corrected chi connectivity index (χ0v) is 28.8. The molecule has 0 radical (unpaired) electrons. The van der Waals surface area contributed by atoms with Gasteiger partial charge in [0.15, 0.2) is 0 Å². The average Bonchev–Trinajstić information content (AvgIpc) is 3.82. The number of ether oxygens (including phenoxy) is 1. The van der Waals surface area contributed by atoms with Crippen LogP contribution in [0.1, 0.15) is 72.6 Å². The van der Waals surface area contributed by atoms with Crippen LogP contribution in [-0.4, -0.2) is 66.0 Å². The lowest BCUT2D eigenvalue weighted by molar-refractivity contribution is -0.138. The summed E-state index contributed by atoms with van der Waals surface area (Å²) in [4.78, 5) is 53.1. The lowest BCUT2D eigenvalue weighted by atomic mass is 10.0. The molecule has 4 amide bonds. The summed E-state index contributed by atoms with van der Waals surface area (Å²) in [5, 5.41) is 11.4. The molecule has 2 heterocycles. The first-order valence-corrected chi connectivity index (χ1v) is 17.1. The Balaban J connectivity index is 0.000000923. The molecule has 0 saturated carbocycles. The molecule has 3 aromatic rings. The van der Waals surface area contributed by atoms with Gasteiger partial charge < -0.3 is 31.5 Å². The largest absolute Gasteiger partial charge is 0.448 e. The number of likely N-dealkylation sites (tertiary alicyclic amines) is 1. The number of amidine groups is 1. The van der Waals surface area contributed by atoms with Crippen LogP contribution in [0.2, 0.25) is 0 Å². The molecule has 1 aromatic heterocycles. The topological polar surface area (TPSA) is 177 Å². The number of nitrogens with one attached hydrogen (secondary N) is 1. The highest BCUT2D eigenvalue weighted by Gasteiger charge is 2.44. The number of aliphatic hydroxyl groups excluding tert-OH is 1. The third-order valence-electron chi connectivity index (χ3n) is 8.03. The maximum atomic E-state index is 14.9. The summed E-state index contributed by atoms with van der Waals surface area (Å²) in [6.45, 7) is -0.0735. The van der Waals surface area contributed by atoms with Gasteiger partial charge in [0.1, 0.15) is 11.9 Å². The molecule has 1 aliphatic carbocycles. The fourth-order valence-corrected chi connectivity index (χ4v) is 6.55. The Morgan fingerprint density at radius 3 is 2.51 bits per heavy atom. The van der Waals surface area contributed by atoms with Crippen LogP contribution >= 0.6 is 11.3 Å². The highest BCUT2D eigenvalue weighted by atomic mass is 32.1. The Hall–Kier alpha value is -4.83. The molecule has 11 nitrogen and oxygen atoms in total. The van der Waals surface area contributed by atoms with Crippen LogP contribution in [0.3, 0.4) is 0 Å². The van der Waals surface area contributed by atoms with Crippen LogP contribution in [0.15, 0.2) is 58.9 Å². The van der Waals surface area contributed by atoms with Gasteiger partial charge in [-0.1, -0.05) is 68.7 Å². The van der Waals surface area contributed by atoms with E-state index in [4.69, 9.17) is 20.4 Å². The smallest absolute Gasteiger partial charge is 0.435 e. The predicted molar refractivity (Wildman–Crippen MR) is 184 cm³/mol. The second-order valence-electron chi connectivity index (χ2n) is 11.5. The van der Waals surface area contributed by atoms with E-state index in [2.05, 4.69) is 23.0 Å². The Kier molecular flexibility index (Phi) is 15.5. The van der Waals surface area contributed by atoms with Gasteiger partial charge in [0.05, 0.1) is 19.6 Å². The highest BCUT2D eigenvalue weighted by molar-refractivity contribution is 7.10. The molecule has 16 heteroatoms. The number of rotatable bonds is 11. The minimum Gasteiger partial charge on any atom is -0.448 e. The van der Waals surface area contributed by atoms with Crippen LogP contribution in [0.5, 0.6) is 0 Å². The van der Waals surface area contributed by atoms with Crippen molar-refractivity contribution in [3.05, 3.63) is 81.0 Å². The third kappa shape index (κ3) is 11.3. The van der Waals surface area contributed by atoms with Crippen LogP contribution in [0, 0.1) is 0 Å². The van der Waals surface area contributed by atoms with E-state index in [0.29, 0.717) is 48.2 Å². The quantitative estimate of drug-likeness (QED) is 0.0666. The monoisotopic (exact) mass is 735 g/mol. The molecular weight excluding hydrogens is 694 g/mol. The number of nitrogens with zero attached hydrogens (tertiary/aromatic N) is 2. The summed E-state index contributed by atoms with van der Waals surface area (Å²) in [7, 11) is 0. The standard InChI is InChI=1S/C33H36F2N4O4S.CH2F2O.CH3NO/c1-2-3-4-7-15-43-32(42)38-30(36)22-18-23(44-20-22)19-37-31(41)28-11-8-14-39(28)29(40)17-21-12-13-27-25(16-21)24-9-5-6-10-26(24)33(27,34)35;2-1(3)4;2-1-3/h5-6,9-10,12-13,16,18,20,28H,2-4,7-8,11,14-15,17,19H2,1H3,(H,37,41)(H2,36,38,42);1,4H;1H,(H2,2,3). The van der Waals surface area contributed by atoms with Gasteiger partial charge in [-0.25, -0.2) is 4.79 Å². The Morgan fingerprint density at radius 2 is 1.80 bits per heavy atom. The molecule has 1 atom stereocenters. The molecule has 5 rings (SSSR count). The number of carbonyl (C=O) groups excluding carboxylic acids is 4. The predicted octanol–water partition coefficient (Wildman–Crippen LogP) is 5.44. The summed E-state index contributed by atoms with van der Waals surface area (Å²) < 4.78 is 54.7. The van der Waals surface area contributed by atoms with Crippen molar-refractivity contribution in [1.29, 1.82) is 0 Å². The summed E-state index contributed by atoms with van der Waals surface area (Å²) >= 11 is 1.37. The van der Waals surface area contributed by atoms with Gasteiger partial charge >= 0.3 is 12.7 Å². The lowest BCUT2D eigenvalue weighted by Crippen LogP contribution is -2.46. The molecule has 0 spiro atoms. The van der Waals surface area contributed by atoms with Crippen molar-refractivity contribution in [3.63, 3.8) is 0 Å². The Bertz CT molecular complexity index is 1680. The summed E-state index contributed by atoms with van der Waals surface area (Å²) in [5.74, 6) is -3.51. The molecule has 1 unspecified atom stereocenters. The van der Waals surface area contributed by atoms with Gasteiger partial charge in [-0.05, 0) is 42.0 Å². The number of thiophene rings is 1. The maximum absolute atomic E-state index is 14.9. The Labute approximate surface area is 296 Å². The first kappa shape index (κ1) is 40.6. The number of benzene rings is 2. The van der Waals surface area contributed by atoms with Crippen LogP contribution < -0.4 is 16.8 Å². The summed E-state index contributed by atoms with van der Waals surface area (Å²) in [5.41, 5.74) is 12.2. The third-order valence-corrected chi connectivity index (χ3v) is 8.97. The SMILES string of the molecule is CCCCCCOC(=O)/N=C(/N)c1csc(CNC(=O)C2CCCN2C(=O)Cc2ccc3c(c2)-c2ccccc2C3(F)F)c1.NC=O.OC(F)F. The molecule has 2 aromatic carbocycles. The number of fused-ring (bicyclic) bond motifs is 3. The number of alkyl halides is 4. The number of hydrogen-bond donors (Lipinski definition) is 4. The first-order valence-electron chi connectivity index (χ1n) is 16.2. The van der Waals surface area contributed by atoms with Gasteiger partial charge in [-0.3, -0.25) is 14.4 Å². The van der Waals surface area contributed by atoms with Crippen LogP contribution in [-0.2, 0) is 38.0 Å². The fraction of sp³-hybridized carbons (Fsp3) is 0.400. The molecule has 0 bridgehead atoms. The van der Waals surface area contributed by atoms with E-state index in [1.165, 1.54) is 23.5 Å². The second kappa shape index (κ2) is 19.5. The molecule has 1 saturated heterocycles. The lowest BCUT2D eigenvalue weighted by Gasteiger charge is -2.24. The van der Waals surface area contributed by atoms with E-state index < -0.39 is 24.7 Å². The molecule has 1 aliphatic heterocycles. The van der Waals surface area contributed by atoms with E-state index in [-0.39, 0.29) is 48.2 Å². The number of primary amides is 1. The first-order chi connectivity index (χ1) is 24.3. The number of nitrogens with two attached hydrogens (primary N) is 2. The van der Waals surface area contributed by atoms with Gasteiger partial charge in [0.25, 0.3) is 5.92 Å². The highest BCUT2D eigenvalue weighted by Crippen LogP contribution is 2.51. The van der Waals surface area contributed by atoms with Crippen molar-refractivity contribution < 1.29 is 46.6 Å².